The number of aromatic nitrogens is 3. The van der Waals surface area contributed by atoms with Crippen molar-refractivity contribution in [1.82, 2.24) is 14.8 Å². The third kappa shape index (κ3) is 2.26. The minimum atomic E-state index is -0.892. The molecule has 0 bridgehead atoms. The first-order valence-electron chi connectivity index (χ1n) is 6.53. The van der Waals surface area contributed by atoms with Gasteiger partial charge in [-0.25, -0.2) is 9.67 Å². The van der Waals surface area contributed by atoms with Gasteiger partial charge in [-0.05, 0) is 30.5 Å². The van der Waals surface area contributed by atoms with Crippen LogP contribution in [0, 0.1) is 0 Å². The van der Waals surface area contributed by atoms with E-state index in [4.69, 9.17) is 11.6 Å². The van der Waals surface area contributed by atoms with Gasteiger partial charge in [-0.15, -0.1) is 0 Å². The lowest BCUT2D eigenvalue weighted by atomic mass is 9.76. The second-order valence-corrected chi connectivity index (χ2v) is 5.50. The van der Waals surface area contributed by atoms with E-state index in [0.717, 1.165) is 31.2 Å². The van der Waals surface area contributed by atoms with Crippen LogP contribution in [0.3, 0.4) is 0 Å². The van der Waals surface area contributed by atoms with Crippen molar-refractivity contribution in [2.45, 2.75) is 37.3 Å². The number of hydrogen-bond donors (Lipinski definition) is 1. The van der Waals surface area contributed by atoms with Crippen molar-refractivity contribution in [2.24, 2.45) is 0 Å². The maximum atomic E-state index is 11.1. The van der Waals surface area contributed by atoms with E-state index >= 15 is 0 Å². The fourth-order valence-electron chi connectivity index (χ4n) is 2.94. The number of halogens is 1. The molecule has 3 rings (SSSR count). The summed E-state index contributed by atoms with van der Waals surface area (Å²) in [6.07, 6.45) is 6.94. The Balaban J connectivity index is 2.00. The van der Waals surface area contributed by atoms with Gasteiger partial charge in [0, 0.05) is 5.02 Å². The summed E-state index contributed by atoms with van der Waals surface area (Å²) in [6, 6.07) is 7.38. The zero-order valence-electron chi connectivity index (χ0n) is 10.5. The van der Waals surface area contributed by atoms with Crippen LogP contribution >= 0.6 is 11.6 Å². The van der Waals surface area contributed by atoms with Crippen LogP contribution in [0.25, 0.3) is 0 Å². The molecule has 4 nitrogen and oxygen atoms in total. The Labute approximate surface area is 117 Å². The van der Waals surface area contributed by atoms with Crippen molar-refractivity contribution >= 4 is 11.6 Å². The third-order valence-corrected chi connectivity index (χ3v) is 4.19. The lowest BCUT2D eigenvalue weighted by molar-refractivity contribution is -0.0516. The molecule has 1 aliphatic rings. The van der Waals surface area contributed by atoms with Crippen molar-refractivity contribution < 1.29 is 5.11 Å². The number of hydrogen-bond acceptors (Lipinski definition) is 3. The number of aliphatic hydroxyl groups is 1. The fourth-order valence-corrected chi connectivity index (χ4v) is 3.07. The van der Waals surface area contributed by atoms with Crippen molar-refractivity contribution in [3.05, 3.63) is 47.5 Å². The molecule has 0 radical (unpaired) electrons. The van der Waals surface area contributed by atoms with Crippen LogP contribution in [-0.2, 0) is 5.60 Å². The Kier molecular flexibility index (Phi) is 3.29. The smallest absolute Gasteiger partial charge is 0.137 e. The van der Waals surface area contributed by atoms with Gasteiger partial charge in [-0.3, -0.25) is 0 Å². The van der Waals surface area contributed by atoms with Crippen LogP contribution in [0.2, 0.25) is 5.02 Å². The maximum Gasteiger partial charge on any atom is 0.137 e. The molecule has 19 heavy (non-hydrogen) atoms. The summed E-state index contributed by atoms with van der Waals surface area (Å²) in [6.45, 7) is 0. The first-order valence-corrected chi connectivity index (χ1v) is 6.90. The number of rotatable bonds is 2. The molecule has 5 heteroatoms. The Bertz CT molecular complexity index is 540. The quantitative estimate of drug-likeness (QED) is 0.918. The third-order valence-electron chi connectivity index (χ3n) is 3.94. The van der Waals surface area contributed by atoms with Gasteiger partial charge in [-0.2, -0.15) is 5.10 Å². The summed E-state index contributed by atoms with van der Waals surface area (Å²) in [7, 11) is 0. The van der Waals surface area contributed by atoms with E-state index in [-0.39, 0.29) is 6.04 Å². The van der Waals surface area contributed by atoms with Gasteiger partial charge in [0.25, 0.3) is 0 Å². The molecule has 0 unspecified atom stereocenters. The average molecular weight is 278 g/mol. The van der Waals surface area contributed by atoms with E-state index in [1.165, 1.54) is 6.33 Å². The van der Waals surface area contributed by atoms with Crippen LogP contribution in [0.15, 0.2) is 36.9 Å². The zero-order valence-corrected chi connectivity index (χ0v) is 11.3. The van der Waals surface area contributed by atoms with E-state index in [9.17, 15) is 5.11 Å². The highest BCUT2D eigenvalue weighted by Crippen LogP contribution is 2.44. The molecule has 100 valence electrons. The summed E-state index contributed by atoms with van der Waals surface area (Å²) < 4.78 is 1.77. The Morgan fingerprint density at radius 2 is 2.05 bits per heavy atom. The predicted molar refractivity (Wildman–Crippen MR) is 72.9 cm³/mol. The molecule has 0 amide bonds. The van der Waals surface area contributed by atoms with E-state index in [1.54, 1.807) is 11.0 Å². The molecule has 0 aliphatic heterocycles. The molecule has 1 saturated carbocycles. The van der Waals surface area contributed by atoms with Crippen LogP contribution in [0.1, 0.15) is 37.3 Å². The molecule has 0 spiro atoms. The fraction of sp³-hybridized carbons (Fsp3) is 0.429. The minimum absolute atomic E-state index is 0.0649. The molecule has 1 aliphatic carbocycles. The number of nitrogens with zero attached hydrogens (tertiary/aromatic N) is 3. The highest BCUT2D eigenvalue weighted by atomic mass is 35.5. The summed E-state index contributed by atoms with van der Waals surface area (Å²) in [5, 5.41) is 16.0. The predicted octanol–water partition coefficient (Wildman–Crippen LogP) is 2.93. The van der Waals surface area contributed by atoms with Crippen LogP contribution in [0.4, 0.5) is 0 Å². The molecule has 1 heterocycles. The molecule has 2 aromatic rings. The Hall–Kier alpha value is -1.39. The zero-order chi connectivity index (χ0) is 13.3. The van der Waals surface area contributed by atoms with Crippen molar-refractivity contribution in [3.63, 3.8) is 0 Å². The second-order valence-electron chi connectivity index (χ2n) is 5.07. The summed E-state index contributed by atoms with van der Waals surface area (Å²) >= 11 is 5.92. The summed E-state index contributed by atoms with van der Waals surface area (Å²) in [5.74, 6) is 0. The maximum absolute atomic E-state index is 11.1. The highest BCUT2D eigenvalue weighted by Gasteiger charge is 2.42. The standard InChI is InChI=1S/C14H16ClN3O/c15-12-6-4-11(5-7-12)14(19)8-2-1-3-13(14)18-10-16-9-17-18/h4-7,9-10,13,19H,1-3,8H2/t13-,14+/m0/s1. The SMILES string of the molecule is O[C@@]1(c2ccc(Cl)cc2)CCCC[C@@H]1n1cncn1. The monoisotopic (exact) mass is 277 g/mol. The van der Waals surface area contributed by atoms with E-state index in [0.29, 0.717) is 5.02 Å². The van der Waals surface area contributed by atoms with Gasteiger partial charge in [0.2, 0.25) is 0 Å². The summed E-state index contributed by atoms with van der Waals surface area (Å²) in [4.78, 5) is 3.99. The minimum Gasteiger partial charge on any atom is -0.383 e. The topological polar surface area (TPSA) is 50.9 Å². The van der Waals surface area contributed by atoms with Gasteiger partial charge < -0.3 is 5.11 Å². The van der Waals surface area contributed by atoms with Crippen molar-refractivity contribution in [2.75, 3.05) is 0 Å². The highest BCUT2D eigenvalue weighted by molar-refractivity contribution is 6.30. The van der Waals surface area contributed by atoms with Gasteiger partial charge in [0.15, 0.2) is 0 Å². The largest absolute Gasteiger partial charge is 0.383 e. The van der Waals surface area contributed by atoms with E-state index in [1.807, 2.05) is 24.3 Å². The van der Waals surface area contributed by atoms with Gasteiger partial charge in [0.1, 0.15) is 18.3 Å². The molecular formula is C14H16ClN3O. The lowest BCUT2D eigenvalue weighted by Gasteiger charge is -2.40. The van der Waals surface area contributed by atoms with Gasteiger partial charge >= 0.3 is 0 Å². The molecule has 1 aromatic heterocycles. The Morgan fingerprint density at radius 1 is 1.26 bits per heavy atom. The normalized spacial score (nSPS) is 27.4. The van der Waals surface area contributed by atoms with E-state index < -0.39 is 5.60 Å². The lowest BCUT2D eigenvalue weighted by Crippen LogP contribution is -2.39. The van der Waals surface area contributed by atoms with Crippen molar-refractivity contribution in [1.29, 1.82) is 0 Å². The van der Waals surface area contributed by atoms with Crippen LogP contribution < -0.4 is 0 Å². The average Bonchev–Trinajstić information content (AvgIpc) is 2.93. The molecule has 1 fully saturated rings. The van der Waals surface area contributed by atoms with Gasteiger partial charge in [0.05, 0.1) is 6.04 Å². The van der Waals surface area contributed by atoms with Crippen molar-refractivity contribution in [3.8, 4) is 0 Å². The molecule has 1 aromatic carbocycles. The number of benzene rings is 1. The Morgan fingerprint density at radius 3 is 2.74 bits per heavy atom. The first-order chi connectivity index (χ1) is 9.20. The molecular weight excluding hydrogens is 262 g/mol. The molecule has 1 N–H and O–H groups in total. The van der Waals surface area contributed by atoms with Gasteiger partial charge in [-0.1, -0.05) is 36.6 Å². The second kappa shape index (κ2) is 4.94. The first kappa shape index (κ1) is 12.6. The van der Waals surface area contributed by atoms with E-state index in [2.05, 4.69) is 10.1 Å². The summed E-state index contributed by atoms with van der Waals surface area (Å²) in [5.41, 5.74) is 0.00777. The van der Waals surface area contributed by atoms with Crippen LogP contribution in [-0.4, -0.2) is 19.9 Å². The van der Waals surface area contributed by atoms with Crippen LogP contribution in [0.5, 0.6) is 0 Å². The molecule has 0 saturated heterocycles. The molecule has 2 atom stereocenters.